The smallest absolute Gasteiger partial charge is 0.0463 e. The molecule has 0 unspecified atom stereocenters. The normalized spacial score (nSPS) is 17.6. The van der Waals surface area contributed by atoms with Gasteiger partial charge in [0.1, 0.15) is 0 Å². The van der Waals surface area contributed by atoms with Gasteiger partial charge in [0.2, 0.25) is 0 Å². The molecule has 1 aliphatic rings. The first-order valence-corrected chi connectivity index (χ1v) is 6.45. The van der Waals surface area contributed by atoms with Crippen LogP contribution < -0.4 is 0 Å². The number of alkyl halides is 1. The summed E-state index contributed by atoms with van der Waals surface area (Å²) in [5.41, 5.74) is 3.99. The van der Waals surface area contributed by atoms with E-state index in [1.807, 2.05) is 6.20 Å². The minimum atomic E-state index is 0.736. The minimum Gasteiger partial charge on any atom is -0.260 e. The second-order valence-electron chi connectivity index (χ2n) is 4.16. The molecule has 14 heavy (non-hydrogen) atoms. The van der Waals surface area contributed by atoms with E-state index in [0.717, 1.165) is 11.2 Å². The highest BCUT2D eigenvalue weighted by molar-refractivity contribution is 9.08. The van der Waals surface area contributed by atoms with Crippen LogP contribution in [0.4, 0.5) is 0 Å². The van der Waals surface area contributed by atoms with Gasteiger partial charge < -0.3 is 0 Å². The maximum absolute atomic E-state index is 4.60. The summed E-state index contributed by atoms with van der Waals surface area (Å²) < 4.78 is 0. The minimum absolute atomic E-state index is 0.736. The molecule has 0 amide bonds. The van der Waals surface area contributed by atoms with Gasteiger partial charge >= 0.3 is 0 Å². The molecule has 76 valence electrons. The van der Waals surface area contributed by atoms with E-state index >= 15 is 0 Å². The standard InChI is InChI=1S/C12H16BrN/c1-9-6-10(7-13)8-14-12(9)11-4-2-3-5-11/h6,8,11H,2-5,7H2,1H3. The highest BCUT2D eigenvalue weighted by Gasteiger charge is 2.19. The third-order valence-corrected chi connectivity index (χ3v) is 3.72. The second-order valence-corrected chi connectivity index (χ2v) is 4.72. The maximum atomic E-state index is 4.60. The second kappa shape index (κ2) is 4.43. The third kappa shape index (κ3) is 2.00. The Bertz CT molecular complexity index is 316. The molecule has 0 saturated heterocycles. The molecule has 1 saturated carbocycles. The quantitative estimate of drug-likeness (QED) is 0.728. The van der Waals surface area contributed by atoms with Crippen molar-refractivity contribution in [3.8, 4) is 0 Å². The van der Waals surface area contributed by atoms with Crippen molar-refractivity contribution < 1.29 is 0 Å². The molecule has 0 N–H and O–H groups in total. The molecule has 0 spiro atoms. The number of pyridine rings is 1. The van der Waals surface area contributed by atoms with Gasteiger partial charge in [-0.25, -0.2) is 0 Å². The summed E-state index contributed by atoms with van der Waals surface area (Å²) in [6, 6.07) is 2.26. The van der Waals surface area contributed by atoms with Crippen molar-refractivity contribution >= 4 is 15.9 Å². The number of hydrogen-bond donors (Lipinski definition) is 0. The van der Waals surface area contributed by atoms with E-state index in [2.05, 4.69) is 33.9 Å². The zero-order valence-electron chi connectivity index (χ0n) is 8.59. The lowest BCUT2D eigenvalue weighted by Crippen LogP contribution is -2.00. The van der Waals surface area contributed by atoms with E-state index < -0.39 is 0 Å². The van der Waals surface area contributed by atoms with E-state index in [9.17, 15) is 0 Å². The van der Waals surface area contributed by atoms with Gasteiger partial charge in [-0.1, -0.05) is 34.8 Å². The van der Waals surface area contributed by atoms with Crippen molar-refractivity contribution in [1.82, 2.24) is 4.98 Å². The number of halogens is 1. The van der Waals surface area contributed by atoms with E-state index in [-0.39, 0.29) is 0 Å². The Morgan fingerprint density at radius 3 is 2.71 bits per heavy atom. The molecular formula is C12H16BrN. The molecule has 1 nitrogen and oxygen atoms in total. The van der Waals surface area contributed by atoms with Crippen LogP contribution in [-0.4, -0.2) is 4.98 Å². The van der Waals surface area contributed by atoms with Crippen molar-refractivity contribution in [2.45, 2.75) is 43.9 Å². The van der Waals surface area contributed by atoms with Crippen molar-refractivity contribution in [3.63, 3.8) is 0 Å². The van der Waals surface area contributed by atoms with Crippen LogP contribution in [0.2, 0.25) is 0 Å². The summed E-state index contributed by atoms with van der Waals surface area (Å²) in [6.45, 7) is 2.19. The lowest BCUT2D eigenvalue weighted by molar-refractivity contribution is 0.690. The van der Waals surface area contributed by atoms with Gasteiger partial charge in [-0.2, -0.15) is 0 Å². The van der Waals surface area contributed by atoms with Crippen LogP contribution in [0.25, 0.3) is 0 Å². The summed E-state index contributed by atoms with van der Waals surface area (Å²) in [4.78, 5) is 4.60. The van der Waals surface area contributed by atoms with E-state index in [1.54, 1.807) is 0 Å². The Kier molecular flexibility index (Phi) is 3.22. The fourth-order valence-corrected chi connectivity index (χ4v) is 2.65. The highest BCUT2D eigenvalue weighted by Crippen LogP contribution is 2.34. The van der Waals surface area contributed by atoms with Gasteiger partial charge in [0.05, 0.1) is 0 Å². The van der Waals surface area contributed by atoms with Crippen molar-refractivity contribution in [3.05, 3.63) is 29.1 Å². The summed E-state index contributed by atoms with van der Waals surface area (Å²) in [5, 5.41) is 0.909. The van der Waals surface area contributed by atoms with Gasteiger partial charge in [-0.3, -0.25) is 4.98 Å². The molecule has 1 aliphatic carbocycles. The van der Waals surface area contributed by atoms with Gasteiger partial charge in [-0.05, 0) is 30.9 Å². The zero-order valence-corrected chi connectivity index (χ0v) is 10.2. The lowest BCUT2D eigenvalue weighted by atomic mass is 9.98. The molecule has 1 aromatic heterocycles. The Morgan fingerprint density at radius 2 is 2.14 bits per heavy atom. The molecule has 1 fully saturated rings. The van der Waals surface area contributed by atoms with Crippen LogP contribution in [0.1, 0.15) is 48.4 Å². The first-order valence-electron chi connectivity index (χ1n) is 5.32. The Morgan fingerprint density at radius 1 is 1.43 bits per heavy atom. The summed E-state index contributed by atoms with van der Waals surface area (Å²) >= 11 is 3.46. The highest BCUT2D eigenvalue weighted by atomic mass is 79.9. The van der Waals surface area contributed by atoms with Crippen molar-refractivity contribution in [2.75, 3.05) is 0 Å². The SMILES string of the molecule is Cc1cc(CBr)cnc1C1CCCC1. The predicted molar refractivity (Wildman–Crippen MR) is 62.8 cm³/mol. The van der Waals surface area contributed by atoms with Crippen LogP contribution in [-0.2, 0) is 5.33 Å². The monoisotopic (exact) mass is 253 g/mol. The van der Waals surface area contributed by atoms with Gasteiger partial charge in [0, 0.05) is 23.1 Å². The Labute approximate surface area is 94.1 Å². The van der Waals surface area contributed by atoms with E-state index in [1.165, 1.54) is 42.5 Å². The molecule has 0 atom stereocenters. The molecule has 0 bridgehead atoms. The molecule has 1 aromatic rings. The Hall–Kier alpha value is -0.370. The number of aryl methyl sites for hydroxylation is 1. The molecule has 0 aliphatic heterocycles. The van der Waals surface area contributed by atoms with Crippen molar-refractivity contribution in [2.24, 2.45) is 0 Å². The topological polar surface area (TPSA) is 12.9 Å². The number of rotatable bonds is 2. The fourth-order valence-electron chi connectivity index (χ4n) is 2.34. The lowest BCUT2D eigenvalue weighted by Gasteiger charge is -2.12. The van der Waals surface area contributed by atoms with Gasteiger partial charge in [-0.15, -0.1) is 0 Å². The largest absolute Gasteiger partial charge is 0.260 e. The van der Waals surface area contributed by atoms with Crippen LogP contribution in [0, 0.1) is 6.92 Å². The van der Waals surface area contributed by atoms with E-state index in [0.29, 0.717) is 0 Å². The molecule has 0 radical (unpaired) electrons. The molecule has 0 aromatic carbocycles. The molecular weight excluding hydrogens is 238 g/mol. The number of hydrogen-bond acceptors (Lipinski definition) is 1. The first kappa shape index (κ1) is 10.2. The number of nitrogens with zero attached hydrogens (tertiary/aromatic N) is 1. The zero-order chi connectivity index (χ0) is 9.97. The summed E-state index contributed by atoms with van der Waals surface area (Å²) in [6.07, 6.45) is 7.44. The third-order valence-electron chi connectivity index (χ3n) is 3.07. The van der Waals surface area contributed by atoms with Crippen LogP contribution >= 0.6 is 15.9 Å². The molecule has 2 heteroatoms. The first-order chi connectivity index (χ1) is 6.81. The summed E-state index contributed by atoms with van der Waals surface area (Å²) in [5.74, 6) is 0.736. The number of aromatic nitrogens is 1. The molecule has 2 rings (SSSR count). The predicted octanol–water partition coefficient (Wildman–Crippen LogP) is 3.94. The van der Waals surface area contributed by atoms with Gasteiger partial charge in [0.15, 0.2) is 0 Å². The van der Waals surface area contributed by atoms with E-state index in [4.69, 9.17) is 0 Å². The molecule has 1 heterocycles. The Balaban J connectivity index is 2.25. The van der Waals surface area contributed by atoms with Crippen LogP contribution in [0.15, 0.2) is 12.3 Å². The average Bonchev–Trinajstić information content (AvgIpc) is 2.70. The summed E-state index contributed by atoms with van der Waals surface area (Å²) in [7, 11) is 0. The van der Waals surface area contributed by atoms with Gasteiger partial charge in [0.25, 0.3) is 0 Å². The average molecular weight is 254 g/mol. The van der Waals surface area contributed by atoms with Crippen molar-refractivity contribution in [1.29, 1.82) is 0 Å². The fraction of sp³-hybridized carbons (Fsp3) is 0.583. The van der Waals surface area contributed by atoms with Crippen LogP contribution in [0.3, 0.4) is 0 Å². The van der Waals surface area contributed by atoms with Crippen LogP contribution in [0.5, 0.6) is 0 Å². The maximum Gasteiger partial charge on any atom is 0.0463 e.